The van der Waals surface area contributed by atoms with Crippen molar-refractivity contribution in [2.45, 2.75) is 32.6 Å². The Labute approximate surface area is 114 Å². The molecule has 0 aliphatic carbocycles. The number of anilines is 1. The molecular weight excluding hydrogens is 264 g/mol. The van der Waals surface area contributed by atoms with Crippen LogP contribution in [0.25, 0.3) is 0 Å². The molecular formula is C13H20N2O3S. The third-order valence-electron chi connectivity index (χ3n) is 2.76. The number of carbonyl (C=O) groups is 1. The van der Waals surface area contributed by atoms with Gasteiger partial charge in [-0.3, -0.25) is 9.52 Å². The minimum absolute atomic E-state index is 0.0341. The van der Waals surface area contributed by atoms with E-state index in [2.05, 4.69) is 4.72 Å². The average molecular weight is 284 g/mol. The molecule has 0 aliphatic rings. The van der Waals surface area contributed by atoms with Gasteiger partial charge < -0.3 is 4.90 Å². The van der Waals surface area contributed by atoms with E-state index in [1.54, 1.807) is 44.0 Å². The van der Waals surface area contributed by atoms with E-state index in [-0.39, 0.29) is 5.91 Å². The van der Waals surface area contributed by atoms with Crippen LogP contribution in [0.5, 0.6) is 0 Å². The summed E-state index contributed by atoms with van der Waals surface area (Å²) >= 11 is 0. The van der Waals surface area contributed by atoms with Gasteiger partial charge in [-0.1, -0.05) is 12.1 Å². The Morgan fingerprint density at radius 2 is 2.00 bits per heavy atom. The van der Waals surface area contributed by atoms with E-state index in [4.69, 9.17) is 0 Å². The first-order valence-corrected chi connectivity index (χ1v) is 7.59. The van der Waals surface area contributed by atoms with Crippen LogP contribution in [0.2, 0.25) is 0 Å². The summed E-state index contributed by atoms with van der Waals surface area (Å²) in [6.07, 6.45) is 0. The van der Waals surface area contributed by atoms with Gasteiger partial charge in [0.25, 0.3) is 0 Å². The Bertz CT molecular complexity index is 553. The highest BCUT2D eigenvalue weighted by atomic mass is 32.2. The highest BCUT2D eigenvalue weighted by Gasteiger charge is 2.15. The summed E-state index contributed by atoms with van der Waals surface area (Å²) in [4.78, 5) is 12.7. The summed E-state index contributed by atoms with van der Waals surface area (Å²) < 4.78 is 26.1. The number of carbonyl (C=O) groups excluding carboxylic acids is 1. The molecule has 5 nitrogen and oxygen atoms in total. The normalized spacial score (nSPS) is 11.4. The van der Waals surface area contributed by atoms with Crippen LogP contribution >= 0.6 is 0 Å². The summed E-state index contributed by atoms with van der Waals surface area (Å²) in [5, 5.41) is -0.490. The van der Waals surface area contributed by atoms with Crippen molar-refractivity contribution in [3.05, 3.63) is 29.8 Å². The average Bonchev–Trinajstić information content (AvgIpc) is 2.28. The Kier molecular flexibility index (Phi) is 4.94. The molecule has 0 spiro atoms. The molecule has 0 unspecified atom stereocenters. The molecule has 0 atom stereocenters. The van der Waals surface area contributed by atoms with E-state index in [1.807, 2.05) is 6.07 Å². The maximum atomic E-state index is 11.8. The minimum Gasteiger partial charge on any atom is -0.342 e. The Balaban J connectivity index is 2.86. The van der Waals surface area contributed by atoms with Crippen LogP contribution in [0.4, 0.5) is 5.69 Å². The molecule has 0 fully saturated rings. The third-order valence-corrected chi connectivity index (χ3v) is 4.53. The smallest absolute Gasteiger partial charge is 0.235 e. The highest BCUT2D eigenvalue weighted by molar-refractivity contribution is 7.93. The molecule has 1 rings (SSSR count). The zero-order chi connectivity index (χ0) is 14.6. The lowest BCUT2D eigenvalue weighted by Crippen LogP contribution is -2.24. The van der Waals surface area contributed by atoms with E-state index in [9.17, 15) is 13.2 Å². The van der Waals surface area contributed by atoms with Gasteiger partial charge in [-0.2, -0.15) is 0 Å². The van der Waals surface area contributed by atoms with E-state index >= 15 is 0 Å². The van der Waals surface area contributed by atoms with Gasteiger partial charge in [0.15, 0.2) is 0 Å². The van der Waals surface area contributed by atoms with Crippen molar-refractivity contribution in [1.82, 2.24) is 4.90 Å². The standard InChI is InChI=1S/C13H20N2O3S/c1-10(2)19(17,18)14-13-7-5-6-12(8-13)9-15(4)11(3)16/h5-8,10,14H,9H2,1-4H3. The molecule has 0 saturated carbocycles. The van der Waals surface area contributed by atoms with Gasteiger partial charge in [-0.15, -0.1) is 0 Å². The van der Waals surface area contributed by atoms with Crippen LogP contribution in [0.1, 0.15) is 26.3 Å². The maximum Gasteiger partial charge on any atom is 0.235 e. The lowest BCUT2D eigenvalue weighted by Gasteiger charge is -2.16. The second-order valence-electron chi connectivity index (χ2n) is 4.77. The van der Waals surface area contributed by atoms with Gasteiger partial charge >= 0.3 is 0 Å². The van der Waals surface area contributed by atoms with Crippen molar-refractivity contribution in [1.29, 1.82) is 0 Å². The summed E-state index contributed by atoms with van der Waals surface area (Å²) in [6, 6.07) is 7.05. The molecule has 0 aliphatic heterocycles. The molecule has 0 radical (unpaired) electrons. The van der Waals surface area contributed by atoms with Crippen molar-refractivity contribution < 1.29 is 13.2 Å². The monoisotopic (exact) mass is 284 g/mol. The molecule has 1 aromatic rings. The van der Waals surface area contributed by atoms with Crippen LogP contribution in [-0.2, 0) is 21.4 Å². The van der Waals surface area contributed by atoms with Gasteiger partial charge in [-0.25, -0.2) is 8.42 Å². The SMILES string of the molecule is CC(=O)N(C)Cc1cccc(NS(=O)(=O)C(C)C)c1. The fraction of sp³-hybridized carbons (Fsp3) is 0.462. The zero-order valence-corrected chi connectivity index (χ0v) is 12.5. The van der Waals surface area contributed by atoms with E-state index in [1.165, 1.54) is 6.92 Å². The number of benzene rings is 1. The van der Waals surface area contributed by atoms with Crippen molar-refractivity contribution in [3.63, 3.8) is 0 Å². The molecule has 0 heterocycles. The second kappa shape index (κ2) is 6.06. The van der Waals surface area contributed by atoms with Crippen molar-refractivity contribution in [3.8, 4) is 0 Å². The van der Waals surface area contributed by atoms with E-state index in [0.717, 1.165) is 5.56 Å². The van der Waals surface area contributed by atoms with Crippen LogP contribution in [-0.4, -0.2) is 31.5 Å². The summed E-state index contributed by atoms with van der Waals surface area (Å²) in [7, 11) is -1.64. The Hall–Kier alpha value is -1.56. The third kappa shape index (κ3) is 4.55. The largest absolute Gasteiger partial charge is 0.342 e. The molecule has 0 saturated heterocycles. The summed E-state index contributed by atoms with van der Waals surface area (Å²) in [5.41, 5.74) is 1.39. The first kappa shape index (κ1) is 15.5. The van der Waals surface area contributed by atoms with Crippen molar-refractivity contribution in [2.24, 2.45) is 0 Å². The van der Waals surface area contributed by atoms with Crippen LogP contribution in [0, 0.1) is 0 Å². The molecule has 1 aromatic carbocycles. The number of rotatable bonds is 5. The second-order valence-corrected chi connectivity index (χ2v) is 7.01. The van der Waals surface area contributed by atoms with E-state index in [0.29, 0.717) is 12.2 Å². The molecule has 6 heteroatoms. The summed E-state index contributed by atoms with van der Waals surface area (Å²) in [6.45, 7) is 5.18. The van der Waals surface area contributed by atoms with Crippen LogP contribution in [0.3, 0.4) is 0 Å². The topological polar surface area (TPSA) is 66.5 Å². The van der Waals surface area contributed by atoms with Crippen LogP contribution < -0.4 is 4.72 Å². The molecule has 0 aromatic heterocycles. The highest BCUT2D eigenvalue weighted by Crippen LogP contribution is 2.15. The number of sulfonamides is 1. The maximum absolute atomic E-state index is 11.8. The number of nitrogens with one attached hydrogen (secondary N) is 1. The number of nitrogens with zero attached hydrogens (tertiary/aromatic N) is 1. The fourth-order valence-electron chi connectivity index (χ4n) is 1.40. The van der Waals surface area contributed by atoms with Crippen LogP contribution in [0.15, 0.2) is 24.3 Å². The number of amides is 1. The predicted molar refractivity (Wildman–Crippen MR) is 76.3 cm³/mol. The van der Waals surface area contributed by atoms with Gasteiger partial charge in [0.2, 0.25) is 15.9 Å². The summed E-state index contributed by atoms with van der Waals surface area (Å²) in [5.74, 6) is -0.0341. The quantitative estimate of drug-likeness (QED) is 0.896. The Morgan fingerprint density at radius 1 is 1.37 bits per heavy atom. The van der Waals surface area contributed by atoms with Gasteiger partial charge in [0, 0.05) is 26.2 Å². The molecule has 1 amide bonds. The van der Waals surface area contributed by atoms with Crippen molar-refractivity contribution in [2.75, 3.05) is 11.8 Å². The van der Waals surface area contributed by atoms with E-state index < -0.39 is 15.3 Å². The number of hydrogen-bond donors (Lipinski definition) is 1. The molecule has 1 N–H and O–H groups in total. The lowest BCUT2D eigenvalue weighted by molar-refractivity contribution is -0.128. The molecule has 19 heavy (non-hydrogen) atoms. The van der Waals surface area contributed by atoms with Crippen molar-refractivity contribution >= 4 is 21.6 Å². The molecule has 0 bridgehead atoms. The Morgan fingerprint density at radius 3 is 2.53 bits per heavy atom. The van der Waals surface area contributed by atoms with Gasteiger partial charge in [0.05, 0.1) is 5.25 Å². The zero-order valence-electron chi connectivity index (χ0n) is 11.7. The number of hydrogen-bond acceptors (Lipinski definition) is 3. The molecule has 106 valence electrons. The fourth-order valence-corrected chi connectivity index (χ4v) is 2.09. The first-order chi connectivity index (χ1) is 8.72. The van der Waals surface area contributed by atoms with Gasteiger partial charge in [-0.05, 0) is 31.5 Å². The minimum atomic E-state index is -3.34. The lowest BCUT2D eigenvalue weighted by atomic mass is 10.2. The predicted octanol–water partition coefficient (Wildman–Crippen LogP) is 1.82. The van der Waals surface area contributed by atoms with Gasteiger partial charge in [0.1, 0.15) is 0 Å². The first-order valence-electron chi connectivity index (χ1n) is 6.04.